The molecular weight excluding hydrogens is 484 g/mol. The lowest BCUT2D eigenvalue weighted by molar-refractivity contribution is 0.0356. The van der Waals surface area contributed by atoms with Crippen LogP contribution in [0.3, 0.4) is 0 Å². The smallest absolute Gasteiger partial charge is 0.321 e. The normalized spacial score (nSPS) is 20.3. The first-order chi connectivity index (χ1) is 18.3. The molecule has 9 nitrogen and oxygen atoms in total. The summed E-state index contributed by atoms with van der Waals surface area (Å²) in [5.74, 6) is 0.567. The second kappa shape index (κ2) is 12.3. The number of likely N-dealkylation sites (N-methyl/N-ethyl adjacent to an activating group) is 1. The highest BCUT2D eigenvalue weighted by molar-refractivity contribution is 5.97. The van der Waals surface area contributed by atoms with E-state index in [1.165, 1.54) is 12.0 Å². The predicted octanol–water partition coefficient (Wildman–Crippen LogP) is 4.43. The number of rotatable bonds is 7. The monoisotopic (exact) mass is 522 g/mol. The van der Waals surface area contributed by atoms with Crippen LogP contribution in [0.4, 0.5) is 10.5 Å². The molecule has 0 unspecified atom stereocenters. The Balaban J connectivity index is 1.59. The number of hydrogen-bond donors (Lipinski definition) is 2. The summed E-state index contributed by atoms with van der Waals surface area (Å²) in [6, 6.07) is 8.37. The van der Waals surface area contributed by atoms with Gasteiger partial charge >= 0.3 is 6.03 Å². The van der Waals surface area contributed by atoms with Crippen LogP contribution in [0.5, 0.6) is 11.6 Å². The minimum absolute atomic E-state index is 0.129. The molecule has 0 saturated carbocycles. The average molecular weight is 523 g/mol. The third-order valence-corrected chi connectivity index (χ3v) is 7.30. The third-order valence-electron chi connectivity index (χ3n) is 7.30. The number of urea groups is 1. The largest absolute Gasteiger partial charge is 0.497 e. The van der Waals surface area contributed by atoms with Gasteiger partial charge in [-0.05, 0) is 61.9 Å². The Kier molecular flexibility index (Phi) is 8.89. The van der Waals surface area contributed by atoms with Crippen molar-refractivity contribution in [1.29, 1.82) is 0 Å². The molecule has 3 atom stereocenters. The fourth-order valence-corrected chi connectivity index (χ4v) is 4.87. The number of benzene rings is 1. The van der Waals surface area contributed by atoms with Gasteiger partial charge in [0.25, 0.3) is 5.91 Å². The van der Waals surface area contributed by atoms with E-state index >= 15 is 0 Å². The number of nitrogens with one attached hydrogen (secondary N) is 1. The van der Waals surface area contributed by atoms with Crippen molar-refractivity contribution in [2.45, 2.75) is 51.7 Å². The van der Waals surface area contributed by atoms with Gasteiger partial charge in [-0.2, -0.15) is 0 Å². The summed E-state index contributed by atoms with van der Waals surface area (Å²) >= 11 is 0. The van der Waals surface area contributed by atoms with Crippen LogP contribution in [-0.4, -0.2) is 77.8 Å². The second-order valence-corrected chi connectivity index (χ2v) is 10.2. The first-order valence-electron chi connectivity index (χ1n) is 13.2. The maximum atomic E-state index is 13.7. The fourth-order valence-electron chi connectivity index (χ4n) is 4.87. The van der Waals surface area contributed by atoms with E-state index in [2.05, 4.69) is 16.4 Å². The number of aromatic nitrogens is 1. The van der Waals surface area contributed by atoms with Crippen molar-refractivity contribution in [2.75, 3.05) is 39.2 Å². The highest BCUT2D eigenvalue weighted by Crippen LogP contribution is 2.32. The number of aliphatic hydroxyl groups excluding tert-OH is 1. The van der Waals surface area contributed by atoms with Crippen molar-refractivity contribution in [3.63, 3.8) is 0 Å². The van der Waals surface area contributed by atoms with Crippen LogP contribution in [0.1, 0.15) is 55.5 Å². The second-order valence-electron chi connectivity index (χ2n) is 10.2. The van der Waals surface area contributed by atoms with Gasteiger partial charge in [0.15, 0.2) is 0 Å². The van der Waals surface area contributed by atoms with Gasteiger partial charge in [-0.3, -0.25) is 4.79 Å². The molecule has 204 valence electrons. The van der Waals surface area contributed by atoms with Gasteiger partial charge in [-0.25, -0.2) is 9.78 Å². The van der Waals surface area contributed by atoms with Crippen molar-refractivity contribution in [2.24, 2.45) is 5.92 Å². The van der Waals surface area contributed by atoms with Crippen LogP contribution in [0.2, 0.25) is 0 Å². The third kappa shape index (κ3) is 6.27. The average Bonchev–Trinajstić information content (AvgIpc) is 2.94. The van der Waals surface area contributed by atoms with E-state index in [1.807, 2.05) is 32.0 Å². The molecule has 0 spiro atoms. The molecule has 4 rings (SSSR count). The number of carbonyl (C=O) groups excluding carboxylic acids is 2. The van der Waals surface area contributed by atoms with Gasteiger partial charge in [0.2, 0.25) is 5.88 Å². The summed E-state index contributed by atoms with van der Waals surface area (Å²) in [6.45, 7) is 4.31. The van der Waals surface area contributed by atoms with Gasteiger partial charge in [0.1, 0.15) is 17.4 Å². The van der Waals surface area contributed by atoms with Crippen molar-refractivity contribution < 1.29 is 24.2 Å². The molecule has 2 N–H and O–H groups in total. The topological polar surface area (TPSA) is 104 Å². The summed E-state index contributed by atoms with van der Waals surface area (Å²) in [5.41, 5.74) is 3.13. The molecule has 2 heterocycles. The Morgan fingerprint density at radius 2 is 2.16 bits per heavy atom. The molecule has 3 amide bonds. The quantitative estimate of drug-likeness (QED) is 0.558. The Labute approximate surface area is 224 Å². The number of ether oxygens (including phenoxy) is 2. The molecule has 1 aliphatic carbocycles. The molecule has 0 fully saturated rings. The molecule has 0 saturated heterocycles. The van der Waals surface area contributed by atoms with Gasteiger partial charge in [-0.15, -0.1) is 0 Å². The van der Waals surface area contributed by atoms with Gasteiger partial charge in [-0.1, -0.05) is 19.1 Å². The minimum Gasteiger partial charge on any atom is -0.497 e. The molecule has 9 heteroatoms. The number of amides is 3. The van der Waals surface area contributed by atoms with Crippen LogP contribution < -0.4 is 14.8 Å². The first-order valence-corrected chi connectivity index (χ1v) is 13.2. The molecule has 1 aromatic carbocycles. The zero-order valence-corrected chi connectivity index (χ0v) is 22.6. The SMILES string of the molecule is COc1cccc(NC(=O)N(C)C[C@@H]2Oc3ncc(C4=CCCCC4)cc3C(=O)N([C@@H](C)CO)C[C@@H]2C)c1. The predicted molar refractivity (Wildman–Crippen MR) is 146 cm³/mol. The van der Waals surface area contributed by atoms with E-state index in [0.29, 0.717) is 23.5 Å². The Hall–Kier alpha value is -3.59. The van der Waals surface area contributed by atoms with Crippen LogP contribution in [0.25, 0.3) is 5.57 Å². The van der Waals surface area contributed by atoms with Crippen molar-refractivity contribution >= 4 is 23.2 Å². The molecule has 0 radical (unpaired) electrons. The standard InChI is InChI=1S/C29H38N4O5/c1-19-16-33(20(2)18-34)28(35)25-13-22(21-9-6-5-7-10-21)15-30-27(25)38-26(19)17-32(3)29(36)31-23-11-8-12-24(14-23)37-4/h8-9,11-15,19-20,26,34H,5-7,10,16-18H2,1-4H3,(H,31,36)/t19-,20-,26-/m0/s1. The summed E-state index contributed by atoms with van der Waals surface area (Å²) in [6.07, 6.45) is 7.83. The first kappa shape index (κ1) is 27.4. The number of carbonyl (C=O) groups is 2. The van der Waals surface area contributed by atoms with Crippen LogP contribution in [0, 0.1) is 5.92 Å². The lowest BCUT2D eigenvalue weighted by atomic mass is 9.93. The van der Waals surface area contributed by atoms with Crippen LogP contribution >= 0.6 is 0 Å². The molecule has 0 bridgehead atoms. The van der Waals surface area contributed by atoms with E-state index in [4.69, 9.17) is 9.47 Å². The number of pyridine rings is 1. The Bertz CT molecular complexity index is 1180. The van der Waals surface area contributed by atoms with Crippen LogP contribution in [-0.2, 0) is 0 Å². The molecule has 1 aromatic heterocycles. The van der Waals surface area contributed by atoms with Gasteiger partial charge < -0.3 is 29.7 Å². The molecular formula is C29H38N4O5. The number of methoxy groups -OCH3 is 1. The van der Waals surface area contributed by atoms with E-state index in [-0.39, 0.29) is 42.9 Å². The van der Waals surface area contributed by atoms with E-state index in [1.54, 1.807) is 42.3 Å². The summed E-state index contributed by atoms with van der Waals surface area (Å²) in [4.78, 5) is 34.5. The van der Waals surface area contributed by atoms with Crippen LogP contribution in [0.15, 0.2) is 42.6 Å². The number of fused-ring (bicyclic) bond motifs is 1. The maximum Gasteiger partial charge on any atom is 0.321 e. The zero-order chi connectivity index (χ0) is 27.2. The number of allylic oxidation sites excluding steroid dienone is 2. The lowest BCUT2D eigenvalue weighted by Crippen LogP contribution is -2.50. The number of aliphatic hydroxyl groups is 1. The number of nitrogens with zero attached hydrogens (tertiary/aromatic N) is 3. The zero-order valence-electron chi connectivity index (χ0n) is 22.6. The maximum absolute atomic E-state index is 13.7. The minimum atomic E-state index is -0.427. The number of hydrogen-bond acceptors (Lipinski definition) is 6. The lowest BCUT2D eigenvalue weighted by Gasteiger charge is -2.37. The molecule has 2 aromatic rings. The molecule has 38 heavy (non-hydrogen) atoms. The van der Waals surface area contributed by atoms with Crippen molar-refractivity contribution in [3.8, 4) is 11.6 Å². The summed E-state index contributed by atoms with van der Waals surface area (Å²) < 4.78 is 11.6. The molecule has 2 aliphatic rings. The van der Waals surface area contributed by atoms with Crippen molar-refractivity contribution in [3.05, 3.63) is 53.7 Å². The number of anilines is 1. The van der Waals surface area contributed by atoms with Crippen molar-refractivity contribution in [1.82, 2.24) is 14.8 Å². The summed E-state index contributed by atoms with van der Waals surface area (Å²) in [7, 11) is 3.28. The summed E-state index contributed by atoms with van der Waals surface area (Å²) in [5, 5.41) is 12.8. The highest BCUT2D eigenvalue weighted by Gasteiger charge is 2.35. The van der Waals surface area contributed by atoms with E-state index in [9.17, 15) is 14.7 Å². The van der Waals surface area contributed by atoms with Gasteiger partial charge in [0, 0.05) is 37.5 Å². The Morgan fingerprint density at radius 1 is 1.34 bits per heavy atom. The highest BCUT2D eigenvalue weighted by atomic mass is 16.5. The molecule has 1 aliphatic heterocycles. The van der Waals surface area contributed by atoms with E-state index < -0.39 is 6.10 Å². The van der Waals surface area contributed by atoms with Gasteiger partial charge in [0.05, 0.1) is 26.3 Å². The van der Waals surface area contributed by atoms with E-state index in [0.717, 1.165) is 24.8 Å². The Morgan fingerprint density at radius 3 is 2.87 bits per heavy atom. The fraction of sp³-hybridized carbons (Fsp3) is 0.483.